The molecule has 0 aromatic carbocycles. The van der Waals surface area contributed by atoms with Gasteiger partial charge in [0.1, 0.15) is 5.60 Å². The van der Waals surface area contributed by atoms with Crippen molar-refractivity contribution in [2.24, 2.45) is 0 Å². The first kappa shape index (κ1) is 17.8. The molecule has 1 aliphatic carbocycles. The fourth-order valence-electron chi connectivity index (χ4n) is 2.20. The second-order valence-electron chi connectivity index (χ2n) is 6.73. The highest BCUT2D eigenvalue weighted by molar-refractivity contribution is 7.98. The zero-order valence-electron chi connectivity index (χ0n) is 14.0. The number of fused-ring (bicyclic) bond motifs is 1. The highest BCUT2D eigenvalue weighted by Gasteiger charge is 2.22. The zero-order chi connectivity index (χ0) is 16.9. The van der Waals surface area contributed by atoms with E-state index in [1.807, 2.05) is 20.8 Å². The summed E-state index contributed by atoms with van der Waals surface area (Å²) in [5, 5.41) is 2.81. The summed E-state index contributed by atoms with van der Waals surface area (Å²) < 4.78 is 5.09. The topological polar surface area (TPSA) is 84.1 Å². The van der Waals surface area contributed by atoms with Gasteiger partial charge in [-0.15, -0.1) is 0 Å². The van der Waals surface area contributed by atoms with E-state index in [9.17, 15) is 9.59 Å². The van der Waals surface area contributed by atoms with Gasteiger partial charge in [-0.2, -0.15) is 11.8 Å². The number of nitrogens with one attached hydrogen (secondary N) is 2. The SMILES string of the molecule is CC(C)(C)OC(=O)NC1CCC1.O=c1[nH]cnc2c1CSCC2. The number of ether oxygens (including phenoxy) is 1. The highest BCUT2D eigenvalue weighted by Crippen LogP contribution is 2.19. The van der Waals surface area contributed by atoms with Gasteiger partial charge in [-0.1, -0.05) is 0 Å². The van der Waals surface area contributed by atoms with Crippen LogP contribution in [-0.4, -0.2) is 33.5 Å². The number of aromatic amines is 1. The molecule has 0 unspecified atom stereocenters. The Morgan fingerprint density at radius 3 is 2.74 bits per heavy atom. The van der Waals surface area contributed by atoms with E-state index in [0.29, 0.717) is 6.04 Å². The van der Waals surface area contributed by atoms with Crippen LogP contribution in [0.25, 0.3) is 0 Å². The van der Waals surface area contributed by atoms with Gasteiger partial charge in [-0.05, 0) is 52.2 Å². The highest BCUT2D eigenvalue weighted by atomic mass is 32.2. The van der Waals surface area contributed by atoms with Crippen molar-refractivity contribution in [3.05, 3.63) is 27.9 Å². The molecular formula is C16H25N3O3S. The maximum atomic E-state index is 11.2. The van der Waals surface area contributed by atoms with Crippen LogP contribution in [0.15, 0.2) is 11.1 Å². The van der Waals surface area contributed by atoms with Crippen LogP contribution in [0.1, 0.15) is 51.3 Å². The molecule has 7 heteroatoms. The third kappa shape index (κ3) is 5.89. The first-order valence-electron chi connectivity index (χ1n) is 7.98. The molecule has 1 saturated carbocycles. The largest absolute Gasteiger partial charge is 0.444 e. The number of nitrogens with zero attached hydrogens (tertiary/aromatic N) is 1. The molecule has 1 aromatic rings. The third-order valence-electron chi connectivity index (χ3n) is 3.59. The van der Waals surface area contributed by atoms with Gasteiger partial charge in [0.25, 0.3) is 5.56 Å². The smallest absolute Gasteiger partial charge is 0.407 e. The van der Waals surface area contributed by atoms with Crippen LogP contribution in [0, 0.1) is 0 Å². The summed E-state index contributed by atoms with van der Waals surface area (Å²) in [7, 11) is 0. The number of carbonyl (C=O) groups is 1. The van der Waals surface area contributed by atoms with Gasteiger partial charge in [-0.25, -0.2) is 9.78 Å². The van der Waals surface area contributed by atoms with Gasteiger partial charge in [0.15, 0.2) is 0 Å². The molecule has 2 aliphatic rings. The lowest BCUT2D eigenvalue weighted by Gasteiger charge is -2.28. The average Bonchev–Trinajstić information content (AvgIpc) is 2.43. The average molecular weight is 339 g/mol. The lowest BCUT2D eigenvalue weighted by atomic mass is 9.93. The predicted octanol–water partition coefficient (Wildman–Crippen LogP) is 2.62. The standard InChI is InChI=1S/C9H17NO2.C7H8N2OS/c1-9(2,3)12-8(11)10-7-5-4-6-7;10-7-5-3-11-2-1-6(5)8-4-9-7/h7H,4-6H2,1-3H3,(H,10,11);4H,1-3H2,(H,8,9,10). The Bertz CT molecular complexity index is 591. The minimum Gasteiger partial charge on any atom is -0.444 e. The quantitative estimate of drug-likeness (QED) is 0.822. The number of H-pyrrole nitrogens is 1. The molecule has 1 aliphatic heterocycles. The molecule has 0 radical (unpaired) electrons. The molecule has 2 N–H and O–H groups in total. The van der Waals surface area contributed by atoms with Crippen LogP contribution in [-0.2, 0) is 16.9 Å². The summed E-state index contributed by atoms with van der Waals surface area (Å²) in [5.41, 5.74) is 1.49. The summed E-state index contributed by atoms with van der Waals surface area (Å²) in [5.74, 6) is 1.90. The molecule has 0 bridgehead atoms. The number of rotatable bonds is 1. The van der Waals surface area contributed by atoms with Crippen LogP contribution < -0.4 is 10.9 Å². The second kappa shape index (κ2) is 7.86. The monoisotopic (exact) mass is 339 g/mol. The molecule has 0 spiro atoms. The van der Waals surface area contributed by atoms with Gasteiger partial charge in [0.2, 0.25) is 0 Å². The maximum Gasteiger partial charge on any atom is 0.407 e. The molecule has 3 rings (SSSR count). The third-order valence-corrected chi connectivity index (χ3v) is 4.58. The Hall–Kier alpha value is -1.50. The Labute approximate surface area is 140 Å². The van der Waals surface area contributed by atoms with Crippen LogP contribution in [0.3, 0.4) is 0 Å². The number of amides is 1. The van der Waals surface area contributed by atoms with Crippen molar-refractivity contribution in [2.75, 3.05) is 5.75 Å². The van der Waals surface area contributed by atoms with E-state index in [1.165, 1.54) is 12.7 Å². The fourth-order valence-corrected chi connectivity index (χ4v) is 3.18. The van der Waals surface area contributed by atoms with E-state index >= 15 is 0 Å². The molecule has 2 heterocycles. The van der Waals surface area contributed by atoms with E-state index < -0.39 is 0 Å². The molecule has 0 saturated heterocycles. The van der Waals surface area contributed by atoms with Crippen molar-refractivity contribution in [2.45, 2.75) is 63.9 Å². The van der Waals surface area contributed by atoms with E-state index in [1.54, 1.807) is 11.8 Å². The van der Waals surface area contributed by atoms with Crippen LogP contribution in [0.4, 0.5) is 4.79 Å². The number of aryl methyl sites for hydroxylation is 1. The number of hydrogen-bond acceptors (Lipinski definition) is 5. The van der Waals surface area contributed by atoms with Gasteiger partial charge < -0.3 is 15.0 Å². The lowest BCUT2D eigenvalue weighted by molar-refractivity contribution is 0.0480. The molecule has 6 nitrogen and oxygen atoms in total. The minimum absolute atomic E-state index is 0.0298. The fraction of sp³-hybridized carbons (Fsp3) is 0.688. The van der Waals surface area contributed by atoms with Crippen molar-refractivity contribution in [3.8, 4) is 0 Å². The number of hydrogen-bond donors (Lipinski definition) is 2. The molecular weight excluding hydrogens is 314 g/mol. The first-order valence-corrected chi connectivity index (χ1v) is 9.13. The number of thioether (sulfide) groups is 1. The zero-order valence-corrected chi connectivity index (χ0v) is 14.8. The van der Waals surface area contributed by atoms with Gasteiger partial charge in [-0.3, -0.25) is 4.79 Å². The van der Waals surface area contributed by atoms with E-state index in [4.69, 9.17) is 4.74 Å². The predicted molar refractivity (Wildman–Crippen MR) is 91.7 cm³/mol. The summed E-state index contributed by atoms with van der Waals surface area (Å²) in [6, 6.07) is 0.361. The van der Waals surface area contributed by atoms with Crippen LogP contribution >= 0.6 is 11.8 Å². The van der Waals surface area contributed by atoms with Crippen molar-refractivity contribution in [3.63, 3.8) is 0 Å². The Kier molecular flexibility index (Phi) is 6.10. The van der Waals surface area contributed by atoms with Crippen molar-refractivity contribution in [1.29, 1.82) is 0 Å². The number of alkyl carbamates (subject to hydrolysis) is 1. The molecule has 1 aromatic heterocycles. The van der Waals surface area contributed by atoms with Gasteiger partial charge in [0, 0.05) is 17.4 Å². The van der Waals surface area contributed by atoms with Gasteiger partial charge in [0.05, 0.1) is 12.0 Å². The van der Waals surface area contributed by atoms with Crippen LogP contribution in [0.2, 0.25) is 0 Å². The molecule has 23 heavy (non-hydrogen) atoms. The number of aromatic nitrogens is 2. The summed E-state index contributed by atoms with van der Waals surface area (Å²) in [4.78, 5) is 29.0. The van der Waals surface area contributed by atoms with Crippen molar-refractivity contribution < 1.29 is 9.53 Å². The Balaban J connectivity index is 0.000000167. The normalized spacial score (nSPS) is 17.2. The molecule has 128 valence electrons. The molecule has 1 fully saturated rings. The lowest BCUT2D eigenvalue weighted by Crippen LogP contribution is -2.42. The van der Waals surface area contributed by atoms with E-state index in [0.717, 1.165) is 42.0 Å². The molecule has 0 atom stereocenters. The first-order chi connectivity index (χ1) is 10.8. The maximum absolute atomic E-state index is 11.2. The number of carbonyl (C=O) groups excluding carboxylic acids is 1. The minimum atomic E-state index is -0.381. The van der Waals surface area contributed by atoms with Crippen molar-refractivity contribution in [1.82, 2.24) is 15.3 Å². The summed E-state index contributed by atoms with van der Waals surface area (Å²) in [6.07, 6.45) is 5.55. The van der Waals surface area contributed by atoms with Crippen molar-refractivity contribution >= 4 is 17.9 Å². The summed E-state index contributed by atoms with van der Waals surface area (Å²) >= 11 is 1.79. The molecule has 1 amide bonds. The van der Waals surface area contributed by atoms with E-state index in [2.05, 4.69) is 15.3 Å². The Morgan fingerprint density at radius 2 is 2.17 bits per heavy atom. The van der Waals surface area contributed by atoms with E-state index in [-0.39, 0.29) is 17.3 Å². The summed E-state index contributed by atoms with van der Waals surface area (Å²) in [6.45, 7) is 5.61. The Morgan fingerprint density at radius 1 is 1.43 bits per heavy atom. The second-order valence-corrected chi connectivity index (χ2v) is 7.84. The van der Waals surface area contributed by atoms with Gasteiger partial charge >= 0.3 is 6.09 Å². The van der Waals surface area contributed by atoms with Crippen LogP contribution in [0.5, 0.6) is 0 Å².